The molecule has 0 aromatic heterocycles. The van der Waals surface area contributed by atoms with Crippen LogP contribution in [0.25, 0.3) is 5.57 Å². The molecular weight excluding hydrogens is 299 g/mol. The van der Waals surface area contributed by atoms with E-state index in [1.807, 2.05) is 30.3 Å². The molecule has 0 N–H and O–H groups in total. The second-order valence-electron chi connectivity index (χ2n) is 4.95. The van der Waals surface area contributed by atoms with Crippen LogP contribution in [0.5, 0.6) is 0 Å². The number of carbonyl (C=O) groups excluding carboxylic acids is 1. The number of hydrogen-bond acceptors (Lipinski definition) is 3. The van der Waals surface area contributed by atoms with E-state index in [0.717, 1.165) is 22.5 Å². The lowest BCUT2D eigenvalue weighted by Crippen LogP contribution is -2.18. The quantitative estimate of drug-likeness (QED) is 0.621. The molecule has 1 aliphatic heterocycles. The number of cyclic esters (lactones) is 1. The van der Waals surface area contributed by atoms with Gasteiger partial charge in [0.25, 0.3) is 0 Å². The highest BCUT2D eigenvalue weighted by Crippen LogP contribution is 2.31. The zero-order chi connectivity index (χ0) is 15.4. The molecule has 0 radical (unpaired) electrons. The molecule has 0 aliphatic carbocycles. The molecule has 0 bridgehead atoms. The number of carbonyl (C=O) groups is 1. The van der Waals surface area contributed by atoms with Crippen molar-refractivity contribution in [3.05, 3.63) is 71.6 Å². The van der Waals surface area contributed by atoms with Gasteiger partial charge in [0.2, 0.25) is 0 Å². The lowest BCUT2D eigenvalue weighted by atomic mass is 9.96. The molecule has 0 unspecified atom stereocenters. The van der Waals surface area contributed by atoms with Crippen molar-refractivity contribution in [1.29, 1.82) is 0 Å². The average Bonchev–Trinajstić information content (AvgIpc) is 2.56. The fourth-order valence-electron chi connectivity index (χ4n) is 2.40. The van der Waals surface area contributed by atoms with Gasteiger partial charge in [-0.05, 0) is 35.4 Å². The SMILES string of the molecule is O=C1OCCC(c2ccccc2)=C1CSc1ccc(F)cc1. The molecule has 1 aliphatic rings. The van der Waals surface area contributed by atoms with Gasteiger partial charge in [-0.15, -0.1) is 11.8 Å². The lowest BCUT2D eigenvalue weighted by molar-refractivity contribution is -0.139. The summed E-state index contributed by atoms with van der Waals surface area (Å²) in [5.74, 6) is 0.0136. The summed E-state index contributed by atoms with van der Waals surface area (Å²) >= 11 is 1.51. The monoisotopic (exact) mass is 314 g/mol. The van der Waals surface area contributed by atoms with E-state index in [0.29, 0.717) is 17.9 Å². The molecule has 3 rings (SSSR count). The summed E-state index contributed by atoms with van der Waals surface area (Å²) in [5.41, 5.74) is 2.81. The first-order valence-corrected chi connectivity index (χ1v) is 8.05. The van der Waals surface area contributed by atoms with Gasteiger partial charge in [0, 0.05) is 17.1 Å². The van der Waals surface area contributed by atoms with Crippen LogP contribution in [-0.2, 0) is 9.53 Å². The Labute approximate surface area is 133 Å². The van der Waals surface area contributed by atoms with Crippen molar-refractivity contribution in [3.63, 3.8) is 0 Å². The van der Waals surface area contributed by atoms with Crippen LogP contribution in [0.4, 0.5) is 4.39 Å². The Morgan fingerprint density at radius 3 is 2.50 bits per heavy atom. The summed E-state index contributed by atoms with van der Waals surface area (Å²) < 4.78 is 18.1. The van der Waals surface area contributed by atoms with Crippen LogP contribution in [0.1, 0.15) is 12.0 Å². The van der Waals surface area contributed by atoms with E-state index in [9.17, 15) is 9.18 Å². The van der Waals surface area contributed by atoms with Crippen molar-refractivity contribution in [2.75, 3.05) is 12.4 Å². The maximum Gasteiger partial charge on any atom is 0.335 e. The molecule has 2 aromatic rings. The summed E-state index contributed by atoms with van der Waals surface area (Å²) in [6.07, 6.45) is 0.731. The van der Waals surface area contributed by atoms with Crippen molar-refractivity contribution < 1.29 is 13.9 Å². The maximum atomic E-state index is 12.9. The van der Waals surface area contributed by atoms with Crippen LogP contribution < -0.4 is 0 Å². The van der Waals surface area contributed by atoms with Crippen LogP contribution in [0.2, 0.25) is 0 Å². The van der Waals surface area contributed by atoms with Gasteiger partial charge in [-0.1, -0.05) is 30.3 Å². The van der Waals surface area contributed by atoms with E-state index in [4.69, 9.17) is 4.74 Å². The maximum absolute atomic E-state index is 12.9. The van der Waals surface area contributed by atoms with Crippen molar-refractivity contribution in [3.8, 4) is 0 Å². The largest absolute Gasteiger partial charge is 0.462 e. The van der Waals surface area contributed by atoms with Gasteiger partial charge < -0.3 is 4.74 Å². The highest BCUT2D eigenvalue weighted by molar-refractivity contribution is 7.99. The van der Waals surface area contributed by atoms with Crippen molar-refractivity contribution in [2.24, 2.45) is 0 Å². The molecule has 22 heavy (non-hydrogen) atoms. The first kappa shape index (κ1) is 14.9. The Balaban J connectivity index is 1.85. The van der Waals surface area contributed by atoms with E-state index in [-0.39, 0.29) is 11.8 Å². The van der Waals surface area contributed by atoms with Crippen LogP contribution in [-0.4, -0.2) is 18.3 Å². The van der Waals surface area contributed by atoms with Gasteiger partial charge in [-0.2, -0.15) is 0 Å². The lowest BCUT2D eigenvalue weighted by Gasteiger charge is -2.20. The standard InChI is InChI=1S/C18H15FO2S/c19-14-6-8-15(9-7-14)22-12-17-16(10-11-21-18(17)20)13-4-2-1-3-5-13/h1-9H,10-12H2. The molecule has 0 saturated carbocycles. The minimum absolute atomic E-state index is 0.250. The van der Waals surface area contributed by atoms with Gasteiger partial charge in [0.1, 0.15) is 5.82 Å². The van der Waals surface area contributed by atoms with Gasteiger partial charge in [0.15, 0.2) is 0 Å². The number of halogens is 1. The van der Waals surface area contributed by atoms with E-state index in [1.165, 1.54) is 23.9 Å². The Bertz CT molecular complexity index is 693. The van der Waals surface area contributed by atoms with E-state index in [2.05, 4.69) is 0 Å². The Morgan fingerprint density at radius 2 is 1.77 bits per heavy atom. The zero-order valence-electron chi connectivity index (χ0n) is 11.9. The summed E-state index contributed by atoms with van der Waals surface area (Å²) in [7, 11) is 0. The summed E-state index contributed by atoms with van der Waals surface area (Å²) in [6, 6.07) is 16.2. The summed E-state index contributed by atoms with van der Waals surface area (Å²) in [5, 5.41) is 0. The number of esters is 1. The molecule has 0 amide bonds. The molecule has 0 spiro atoms. The third-order valence-corrected chi connectivity index (χ3v) is 4.55. The van der Waals surface area contributed by atoms with Crippen LogP contribution in [0.15, 0.2) is 65.1 Å². The van der Waals surface area contributed by atoms with Gasteiger partial charge in [-0.25, -0.2) is 9.18 Å². The number of thioether (sulfide) groups is 1. The van der Waals surface area contributed by atoms with Crippen LogP contribution >= 0.6 is 11.8 Å². The van der Waals surface area contributed by atoms with E-state index in [1.54, 1.807) is 12.1 Å². The van der Waals surface area contributed by atoms with Gasteiger partial charge in [0.05, 0.1) is 12.2 Å². The number of hydrogen-bond donors (Lipinski definition) is 0. The predicted octanol–water partition coefficient (Wildman–Crippen LogP) is 4.32. The predicted molar refractivity (Wildman–Crippen MR) is 86.1 cm³/mol. The minimum Gasteiger partial charge on any atom is -0.462 e. The molecule has 1 heterocycles. The minimum atomic E-state index is -0.259. The first-order chi connectivity index (χ1) is 10.7. The van der Waals surface area contributed by atoms with Gasteiger partial charge >= 0.3 is 5.97 Å². The fraction of sp³-hybridized carbons (Fsp3) is 0.167. The Hall–Kier alpha value is -2.07. The van der Waals surface area contributed by atoms with Crippen molar-refractivity contribution in [1.82, 2.24) is 0 Å². The molecule has 112 valence electrons. The molecule has 2 nitrogen and oxygen atoms in total. The van der Waals surface area contributed by atoms with E-state index < -0.39 is 0 Å². The van der Waals surface area contributed by atoms with Crippen LogP contribution in [0.3, 0.4) is 0 Å². The molecule has 0 saturated heterocycles. The fourth-order valence-corrected chi connectivity index (χ4v) is 3.33. The van der Waals surface area contributed by atoms with Crippen LogP contribution in [0, 0.1) is 5.82 Å². The molecular formula is C18H15FO2S. The van der Waals surface area contributed by atoms with E-state index >= 15 is 0 Å². The summed E-state index contributed by atoms with van der Waals surface area (Å²) in [6.45, 7) is 0.424. The van der Waals surface area contributed by atoms with Crippen molar-refractivity contribution >= 4 is 23.3 Å². The third-order valence-electron chi connectivity index (χ3n) is 3.51. The number of benzene rings is 2. The summed E-state index contributed by atoms with van der Waals surface area (Å²) in [4.78, 5) is 13.0. The Kier molecular flexibility index (Phi) is 4.59. The second-order valence-corrected chi connectivity index (χ2v) is 6.00. The molecule has 4 heteroatoms. The topological polar surface area (TPSA) is 26.3 Å². The normalized spacial score (nSPS) is 14.9. The highest BCUT2D eigenvalue weighted by Gasteiger charge is 2.22. The number of ether oxygens (including phenoxy) is 1. The smallest absolute Gasteiger partial charge is 0.335 e. The Morgan fingerprint density at radius 1 is 1.05 bits per heavy atom. The molecule has 2 aromatic carbocycles. The second kappa shape index (κ2) is 6.79. The number of rotatable bonds is 4. The third kappa shape index (κ3) is 3.39. The average molecular weight is 314 g/mol. The molecule has 0 atom stereocenters. The van der Waals surface area contributed by atoms with Crippen molar-refractivity contribution in [2.45, 2.75) is 11.3 Å². The first-order valence-electron chi connectivity index (χ1n) is 7.07. The van der Waals surface area contributed by atoms with Gasteiger partial charge in [-0.3, -0.25) is 0 Å². The highest BCUT2D eigenvalue weighted by atomic mass is 32.2. The molecule has 0 fully saturated rings. The zero-order valence-corrected chi connectivity index (χ0v) is 12.7.